The Morgan fingerprint density at radius 2 is 2.10 bits per heavy atom. The van der Waals surface area contributed by atoms with Gasteiger partial charge in [-0.15, -0.1) is 0 Å². The van der Waals surface area contributed by atoms with E-state index in [0.29, 0.717) is 0 Å². The number of carbonyl (C=O) groups excluding carboxylic acids is 1. The summed E-state index contributed by atoms with van der Waals surface area (Å²) in [6, 6.07) is 0. The maximum Gasteiger partial charge on any atom is 0.384 e. The van der Waals surface area contributed by atoms with E-state index in [2.05, 4.69) is 16.6 Å². The second-order valence-corrected chi connectivity index (χ2v) is 1.98. The third-order valence-corrected chi connectivity index (χ3v) is 0.720. The first-order valence-electron chi connectivity index (χ1n) is 2.89. The van der Waals surface area contributed by atoms with Crippen LogP contribution in [-0.2, 0) is 9.53 Å². The van der Waals surface area contributed by atoms with Crippen LogP contribution in [0.2, 0.25) is 0 Å². The largest absolute Gasteiger partial charge is 0.459 e. The third kappa shape index (κ3) is 4.92. The zero-order valence-corrected chi connectivity index (χ0v) is 6.39. The van der Waals surface area contributed by atoms with E-state index >= 15 is 0 Å². The lowest BCUT2D eigenvalue weighted by Gasteiger charge is -1.82. The fourth-order valence-corrected chi connectivity index (χ4v) is 0.290. The highest BCUT2D eigenvalue weighted by Gasteiger charge is 1.85. The third-order valence-electron chi connectivity index (χ3n) is 0.720. The SMILES string of the molecule is COC(=O)C#CC=C(C)C. The van der Waals surface area contributed by atoms with Crippen molar-refractivity contribution in [3.63, 3.8) is 0 Å². The minimum atomic E-state index is -0.502. The average molecular weight is 138 g/mol. The zero-order valence-electron chi connectivity index (χ0n) is 6.39. The Bertz CT molecular complexity index is 199. The summed E-state index contributed by atoms with van der Waals surface area (Å²) in [6.45, 7) is 3.82. The highest BCUT2D eigenvalue weighted by molar-refractivity contribution is 5.88. The van der Waals surface area contributed by atoms with Crippen molar-refractivity contribution in [2.75, 3.05) is 7.11 Å². The molecule has 0 saturated heterocycles. The van der Waals surface area contributed by atoms with E-state index in [9.17, 15) is 4.79 Å². The van der Waals surface area contributed by atoms with E-state index in [0.717, 1.165) is 5.57 Å². The van der Waals surface area contributed by atoms with Gasteiger partial charge in [0.15, 0.2) is 0 Å². The summed E-state index contributed by atoms with van der Waals surface area (Å²) in [4.78, 5) is 10.4. The van der Waals surface area contributed by atoms with E-state index < -0.39 is 5.97 Å². The van der Waals surface area contributed by atoms with Gasteiger partial charge in [0.1, 0.15) is 0 Å². The molecule has 2 nitrogen and oxygen atoms in total. The van der Waals surface area contributed by atoms with Gasteiger partial charge in [-0.2, -0.15) is 0 Å². The van der Waals surface area contributed by atoms with Gasteiger partial charge in [-0.25, -0.2) is 4.79 Å². The van der Waals surface area contributed by atoms with Crippen LogP contribution in [0, 0.1) is 11.8 Å². The lowest BCUT2D eigenvalue weighted by Crippen LogP contribution is -1.93. The first kappa shape index (κ1) is 8.77. The van der Waals surface area contributed by atoms with E-state index in [1.807, 2.05) is 13.8 Å². The van der Waals surface area contributed by atoms with Gasteiger partial charge in [0, 0.05) is 5.92 Å². The molecular weight excluding hydrogens is 128 g/mol. The second-order valence-electron chi connectivity index (χ2n) is 1.98. The fraction of sp³-hybridized carbons (Fsp3) is 0.375. The molecular formula is C8H10O2. The Morgan fingerprint density at radius 1 is 1.50 bits per heavy atom. The monoisotopic (exact) mass is 138 g/mol. The van der Waals surface area contributed by atoms with Crippen LogP contribution in [0.15, 0.2) is 11.6 Å². The zero-order chi connectivity index (χ0) is 7.98. The van der Waals surface area contributed by atoms with E-state index in [-0.39, 0.29) is 0 Å². The van der Waals surface area contributed by atoms with E-state index in [4.69, 9.17) is 0 Å². The number of hydrogen-bond donors (Lipinski definition) is 0. The number of carbonyl (C=O) groups is 1. The maximum absolute atomic E-state index is 10.4. The summed E-state index contributed by atoms with van der Waals surface area (Å²) < 4.78 is 4.29. The molecule has 2 heteroatoms. The molecule has 0 aromatic heterocycles. The van der Waals surface area contributed by atoms with Gasteiger partial charge in [-0.05, 0) is 19.9 Å². The number of ether oxygens (including phenoxy) is 1. The molecule has 54 valence electrons. The Balaban J connectivity index is 3.93. The van der Waals surface area contributed by atoms with Crippen molar-refractivity contribution in [1.82, 2.24) is 0 Å². The van der Waals surface area contributed by atoms with Crippen molar-refractivity contribution in [1.29, 1.82) is 0 Å². The van der Waals surface area contributed by atoms with Crippen LogP contribution in [0.1, 0.15) is 13.8 Å². The minimum Gasteiger partial charge on any atom is -0.459 e. The number of rotatable bonds is 0. The fourth-order valence-electron chi connectivity index (χ4n) is 0.290. The molecule has 0 heterocycles. The summed E-state index contributed by atoms with van der Waals surface area (Å²) in [6.07, 6.45) is 1.66. The molecule has 0 aromatic carbocycles. The summed E-state index contributed by atoms with van der Waals surface area (Å²) >= 11 is 0. The number of esters is 1. The highest BCUT2D eigenvalue weighted by Crippen LogP contribution is 1.84. The van der Waals surface area contributed by atoms with E-state index in [1.165, 1.54) is 7.11 Å². The average Bonchev–Trinajstić information content (AvgIpc) is 1.87. The summed E-state index contributed by atoms with van der Waals surface area (Å²) in [7, 11) is 1.31. The van der Waals surface area contributed by atoms with Crippen molar-refractivity contribution in [2.24, 2.45) is 0 Å². The Labute approximate surface area is 60.9 Å². The molecule has 0 N–H and O–H groups in total. The highest BCUT2D eigenvalue weighted by atomic mass is 16.5. The number of hydrogen-bond acceptors (Lipinski definition) is 2. The van der Waals surface area contributed by atoms with E-state index in [1.54, 1.807) is 6.08 Å². The molecule has 0 fully saturated rings. The summed E-state index contributed by atoms with van der Waals surface area (Å²) in [5.74, 6) is 4.32. The van der Waals surface area contributed by atoms with Crippen LogP contribution in [0.5, 0.6) is 0 Å². The van der Waals surface area contributed by atoms with Gasteiger partial charge < -0.3 is 4.74 Å². The molecule has 0 saturated carbocycles. The lowest BCUT2D eigenvalue weighted by atomic mass is 10.3. The van der Waals surface area contributed by atoms with Gasteiger partial charge in [0.2, 0.25) is 0 Å². The molecule has 0 spiro atoms. The van der Waals surface area contributed by atoms with Crippen molar-refractivity contribution < 1.29 is 9.53 Å². The van der Waals surface area contributed by atoms with Gasteiger partial charge >= 0.3 is 5.97 Å². The minimum absolute atomic E-state index is 0.502. The standard InChI is InChI=1S/C8H10O2/c1-7(2)5-4-6-8(9)10-3/h5H,1-3H3. The van der Waals surface area contributed by atoms with Crippen LogP contribution in [-0.4, -0.2) is 13.1 Å². The molecule has 0 aliphatic rings. The van der Waals surface area contributed by atoms with Crippen LogP contribution in [0.25, 0.3) is 0 Å². The van der Waals surface area contributed by atoms with Gasteiger partial charge in [0.05, 0.1) is 7.11 Å². The van der Waals surface area contributed by atoms with Gasteiger partial charge in [0.25, 0.3) is 0 Å². The predicted molar refractivity (Wildman–Crippen MR) is 39.2 cm³/mol. The quantitative estimate of drug-likeness (QED) is 0.285. The predicted octanol–water partition coefficient (Wildman–Crippen LogP) is 1.13. The van der Waals surface area contributed by atoms with Crippen LogP contribution >= 0.6 is 0 Å². The molecule has 0 atom stereocenters. The van der Waals surface area contributed by atoms with Gasteiger partial charge in [-0.1, -0.05) is 11.5 Å². The second kappa shape index (κ2) is 4.63. The molecule has 0 rings (SSSR count). The molecule has 0 radical (unpaired) electrons. The van der Waals surface area contributed by atoms with Crippen LogP contribution in [0.4, 0.5) is 0 Å². The van der Waals surface area contributed by atoms with Crippen molar-refractivity contribution in [3.05, 3.63) is 11.6 Å². The van der Waals surface area contributed by atoms with Crippen molar-refractivity contribution in [2.45, 2.75) is 13.8 Å². The Morgan fingerprint density at radius 3 is 2.50 bits per heavy atom. The molecule has 0 amide bonds. The topological polar surface area (TPSA) is 26.3 Å². The van der Waals surface area contributed by atoms with Crippen molar-refractivity contribution >= 4 is 5.97 Å². The normalized spacial score (nSPS) is 7.10. The smallest absolute Gasteiger partial charge is 0.384 e. The molecule has 0 aromatic rings. The summed E-state index contributed by atoms with van der Waals surface area (Å²) in [5.41, 5.74) is 1.07. The molecule has 0 aliphatic heterocycles. The van der Waals surface area contributed by atoms with Gasteiger partial charge in [-0.3, -0.25) is 0 Å². The molecule has 0 bridgehead atoms. The molecule has 0 unspecified atom stereocenters. The number of methoxy groups -OCH3 is 1. The first-order chi connectivity index (χ1) is 4.66. The van der Waals surface area contributed by atoms with Crippen molar-refractivity contribution in [3.8, 4) is 11.8 Å². The van der Waals surface area contributed by atoms with Crippen LogP contribution < -0.4 is 0 Å². The van der Waals surface area contributed by atoms with Crippen LogP contribution in [0.3, 0.4) is 0 Å². The number of allylic oxidation sites excluding steroid dienone is 2. The molecule has 10 heavy (non-hydrogen) atoms. The lowest BCUT2D eigenvalue weighted by molar-refractivity contribution is -0.133. The molecule has 0 aliphatic carbocycles. The maximum atomic E-state index is 10.4. The Kier molecular flexibility index (Phi) is 4.06. The Hall–Kier alpha value is -1.23. The first-order valence-corrected chi connectivity index (χ1v) is 2.89. The summed E-state index contributed by atoms with van der Waals surface area (Å²) in [5, 5.41) is 0.